The summed E-state index contributed by atoms with van der Waals surface area (Å²) in [5, 5.41) is 0. The Morgan fingerprint density at radius 3 is 1.00 bits per heavy atom. The molecule has 7 nitrogen and oxygen atoms in total. The quantitative estimate of drug-likeness (QED) is 0.264. The third-order valence-electron chi connectivity index (χ3n) is 0. The molecule has 0 atom stereocenters. The maximum atomic E-state index is 9.11. The van der Waals surface area contributed by atoms with Crippen LogP contribution in [0.4, 0.5) is 0 Å². The third kappa shape index (κ3) is 472. The molecule has 0 aromatic heterocycles. The molecule has 4 N–H and O–H groups in total. The van der Waals surface area contributed by atoms with Crippen LogP contribution < -0.4 is 29.6 Å². The third-order valence-corrected chi connectivity index (χ3v) is 0. The molecule has 0 fully saturated rings. The van der Waals surface area contributed by atoms with E-state index in [4.69, 9.17) is 30.8 Å². The van der Waals surface area contributed by atoms with E-state index in [0.717, 1.165) is 0 Å². The van der Waals surface area contributed by atoms with Crippen LogP contribution in [-0.4, -0.2) is 30.8 Å². The molecule has 0 aliphatic carbocycles. The van der Waals surface area contributed by atoms with Gasteiger partial charge in [0.2, 0.25) is 0 Å². The van der Waals surface area contributed by atoms with Gasteiger partial charge < -0.3 is 1.43 Å². The first kappa shape index (κ1) is 23.5. The first-order valence-electron chi connectivity index (χ1n) is 1.40. The minimum Gasteiger partial charge on any atom is -1.00 e. The van der Waals surface area contributed by atoms with Crippen LogP contribution in [0.1, 0.15) is 1.43 Å². The summed E-state index contributed by atoms with van der Waals surface area (Å²) >= 11 is 3.47. The average molecular weight is 300 g/mol. The summed E-state index contributed by atoms with van der Waals surface area (Å²) in [7, 11) is -8.50. The smallest absolute Gasteiger partial charge is 1.00 e. The van der Waals surface area contributed by atoms with Crippen LogP contribution in [-0.2, 0) is 47.7 Å². The molecule has 0 bridgehead atoms. The monoisotopic (exact) mass is 299 g/mol. The normalized spacial score (nSPS) is 9.67. The van der Waals surface area contributed by atoms with E-state index in [-0.39, 0.29) is 48.1 Å². The van der Waals surface area contributed by atoms with Crippen LogP contribution in [0.25, 0.3) is 0 Å². The van der Waals surface area contributed by atoms with Crippen LogP contribution in [0.2, 0.25) is 0 Å². The van der Waals surface area contributed by atoms with E-state index in [9.17, 15) is 0 Å². The fraction of sp³-hybridized carbons (Fsp3) is 0. The van der Waals surface area contributed by atoms with Crippen molar-refractivity contribution in [3.8, 4) is 0 Å². The molecule has 77 valence electrons. The van der Waals surface area contributed by atoms with Crippen molar-refractivity contribution in [2.24, 2.45) is 0 Å². The predicted molar refractivity (Wildman–Crippen MR) is 36.1 cm³/mol. The van der Waals surface area contributed by atoms with Gasteiger partial charge in [-0.3, -0.25) is 18.2 Å². The van der Waals surface area contributed by atoms with Crippen molar-refractivity contribution in [1.29, 1.82) is 0 Å². The molecule has 0 aliphatic rings. The summed E-state index contributed by atoms with van der Waals surface area (Å²) in [6, 6.07) is 0. The predicted octanol–water partition coefficient (Wildman–Crippen LogP) is -3.86. The molecular formula is H5CuNaO7S3. The summed E-state index contributed by atoms with van der Waals surface area (Å²) < 4.78 is 55.5. The van der Waals surface area contributed by atoms with E-state index < -0.39 is 19.5 Å². The van der Waals surface area contributed by atoms with Crippen molar-refractivity contribution in [2.45, 2.75) is 0 Å². The fourth-order valence-electron chi connectivity index (χ4n) is 0. The van der Waals surface area contributed by atoms with Gasteiger partial charge in [-0.15, -0.1) is 0 Å². The molecule has 0 amide bonds. The summed E-state index contributed by atoms with van der Waals surface area (Å²) in [5.41, 5.74) is 0. The van der Waals surface area contributed by atoms with Crippen LogP contribution in [0.3, 0.4) is 0 Å². The van der Waals surface area contributed by atoms with E-state index in [2.05, 4.69) is 11.2 Å². The second-order valence-corrected chi connectivity index (χ2v) is 3.99. The van der Waals surface area contributed by atoms with Crippen LogP contribution in [0.15, 0.2) is 0 Å². The summed E-state index contributed by atoms with van der Waals surface area (Å²) in [6.45, 7) is 0. The van der Waals surface area contributed by atoms with Crippen LogP contribution >= 0.6 is 0 Å². The number of hydrogen-bond donors (Lipinski definition) is 4. The summed E-state index contributed by atoms with van der Waals surface area (Å²) in [5.74, 6) is 0. The van der Waals surface area contributed by atoms with Crippen LogP contribution in [0.5, 0.6) is 0 Å². The van der Waals surface area contributed by atoms with Gasteiger partial charge in [-0.05, 0) is 0 Å². The Hall–Kier alpha value is 1.68. The second-order valence-electron chi connectivity index (χ2n) is 0.896. The second kappa shape index (κ2) is 9.24. The van der Waals surface area contributed by atoms with Gasteiger partial charge in [0.15, 0.2) is 0 Å². The Labute approximate surface area is 108 Å². The minimum atomic E-state index is -4.67. The number of rotatable bonds is 0. The van der Waals surface area contributed by atoms with Crippen molar-refractivity contribution in [2.75, 3.05) is 0 Å². The molecule has 0 saturated heterocycles. The van der Waals surface area contributed by atoms with Crippen molar-refractivity contribution in [3.05, 3.63) is 0 Å². The Balaban J connectivity index is -0.0000000267. The average Bonchev–Trinajstić information content (AvgIpc) is 1.12. The maximum absolute atomic E-state index is 9.11. The standard InChI is InChI=1S/Cu.Na.H2O4S.H2O3S2.H/c;;2*1-5(2,3)4;/h;;2*(H2,1,2,3,4);/q;+1;;;-1. The summed E-state index contributed by atoms with van der Waals surface area (Å²) in [4.78, 5) is 0. The first-order valence-corrected chi connectivity index (χ1v) is 5.19. The molecule has 0 aromatic rings. The molecule has 1 radical (unpaired) electrons. The Morgan fingerprint density at radius 1 is 1.00 bits per heavy atom. The molecule has 0 saturated carbocycles. The van der Waals surface area contributed by atoms with Gasteiger partial charge in [0.25, 0.3) is 9.05 Å². The Morgan fingerprint density at radius 2 is 1.00 bits per heavy atom. The van der Waals surface area contributed by atoms with Crippen LogP contribution in [0, 0.1) is 0 Å². The molecule has 0 heterocycles. The van der Waals surface area contributed by atoms with Crippen molar-refractivity contribution in [3.63, 3.8) is 0 Å². The maximum Gasteiger partial charge on any atom is 1.00 e. The zero-order valence-electron chi connectivity index (χ0n) is 6.54. The van der Waals surface area contributed by atoms with Gasteiger partial charge >= 0.3 is 40.0 Å². The zero-order chi connectivity index (χ0) is 9.00. The van der Waals surface area contributed by atoms with Gasteiger partial charge in [0.05, 0.1) is 0 Å². The van der Waals surface area contributed by atoms with Gasteiger partial charge in [0, 0.05) is 28.3 Å². The van der Waals surface area contributed by atoms with E-state index in [0.29, 0.717) is 0 Å². The van der Waals surface area contributed by atoms with Gasteiger partial charge in [-0.2, -0.15) is 12.6 Å². The number of hydrogen-bond acceptors (Lipinski definition) is 4. The van der Waals surface area contributed by atoms with Crippen molar-refractivity contribution >= 4 is 30.6 Å². The molecule has 0 aliphatic heterocycles. The Bertz CT molecular complexity index is 220. The Kier molecular flexibility index (Phi) is 18.1. The molecule has 12 heavy (non-hydrogen) atoms. The minimum absolute atomic E-state index is 0. The van der Waals surface area contributed by atoms with E-state index in [1.54, 1.807) is 0 Å². The van der Waals surface area contributed by atoms with Gasteiger partial charge in [-0.1, -0.05) is 0 Å². The van der Waals surface area contributed by atoms with Crippen molar-refractivity contribution < 1.29 is 78.9 Å². The van der Waals surface area contributed by atoms with Crippen molar-refractivity contribution in [1.82, 2.24) is 0 Å². The summed E-state index contributed by atoms with van der Waals surface area (Å²) in [6.07, 6.45) is 0. The molecule has 0 rings (SSSR count). The van der Waals surface area contributed by atoms with E-state index in [1.807, 2.05) is 0 Å². The SMILES string of the molecule is O=S(=O)(O)O.O=S(O)(O)=S.[Cu].[H-].[Na+]. The molecule has 0 aromatic carbocycles. The van der Waals surface area contributed by atoms with Gasteiger partial charge in [0.1, 0.15) is 0 Å². The van der Waals surface area contributed by atoms with Gasteiger partial charge in [-0.25, -0.2) is 0 Å². The molecule has 0 unspecified atom stereocenters. The largest absolute Gasteiger partial charge is 1.00 e. The molecule has 0 spiro atoms. The fourth-order valence-corrected chi connectivity index (χ4v) is 0. The molecule has 12 heteroatoms. The first-order chi connectivity index (χ1) is 4.00. The van der Waals surface area contributed by atoms with E-state index in [1.165, 1.54) is 0 Å². The zero-order valence-corrected chi connectivity index (χ0v) is 10.9. The van der Waals surface area contributed by atoms with E-state index >= 15 is 0 Å². The topological polar surface area (TPSA) is 132 Å². The molecular weight excluding hydrogens is 295 g/mol.